The molecule has 0 saturated carbocycles. The molecule has 1 aliphatic rings. The Bertz CT molecular complexity index is 1580. The third-order valence-corrected chi connectivity index (χ3v) is 7.22. The van der Waals surface area contributed by atoms with Gasteiger partial charge in [0.25, 0.3) is 0 Å². The first-order chi connectivity index (χ1) is 21.4. The minimum Gasteiger partial charge on any atom is -0.459 e. The van der Waals surface area contributed by atoms with Crippen LogP contribution in [0.5, 0.6) is 0 Å². The van der Waals surface area contributed by atoms with Crippen LogP contribution in [0.25, 0.3) is 0 Å². The zero-order chi connectivity index (χ0) is 30.9. The molecular weight excluding hydrogens is 564 g/mol. The highest BCUT2D eigenvalue weighted by atomic mass is 16.8. The smallest absolute Gasteiger partial charge is 0.340 e. The molecule has 44 heavy (non-hydrogen) atoms. The first-order valence-corrected chi connectivity index (χ1v) is 14.1. The summed E-state index contributed by atoms with van der Waals surface area (Å²) in [5.74, 6) is -2.88. The summed E-state index contributed by atoms with van der Waals surface area (Å²) in [6.45, 7) is 1.29. The summed E-state index contributed by atoms with van der Waals surface area (Å²) in [7, 11) is 0. The van der Waals surface area contributed by atoms with Crippen molar-refractivity contribution in [1.82, 2.24) is 0 Å². The van der Waals surface area contributed by atoms with Gasteiger partial charge in [0, 0.05) is 0 Å². The molecule has 4 aromatic carbocycles. The lowest BCUT2D eigenvalue weighted by Crippen LogP contribution is -2.54. The van der Waals surface area contributed by atoms with Crippen molar-refractivity contribution >= 4 is 23.9 Å². The molecule has 224 valence electrons. The molecule has 4 aromatic rings. The SMILES string of the molecule is CC[C@]1(OC(=O)c2ccccc2)[C@@H](OC(=O)c2ccccc2)O[C@H](COC(=O)c2ccccc2)[C@H]1OC(=O)c1ccccc1. The number of ether oxygens (including phenoxy) is 5. The Kier molecular flexibility index (Phi) is 9.46. The fourth-order valence-corrected chi connectivity index (χ4v) is 4.89. The van der Waals surface area contributed by atoms with Crippen LogP contribution in [0.15, 0.2) is 121 Å². The highest BCUT2D eigenvalue weighted by molar-refractivity contribution is 5.92. The maximum atomic E-state index is 13.5. The molecule has 0 aliphatic carbocycles. The topological polar surface area (TPSA) is 114 Å². The molecule has 0 N–H and O–H groups in total. The number of hydrogen-bond donors (Lipinski definition) is 0. The molecule has 0 aromatic heterocycles. The number of rotatable bonds is 10. The third-order valence-electron chi connectivity index (χ3n) is 7.22. The molecule has 0 unspecified atom stereocenters. The summed E-state index contributed by atoms with van der Waals surface area (Å²) in [5.41, 5.74) is -0.830. The summed E-state index contributed by atoms with van der Waals surface area (Å²) in [5, 5.41) is 0. The normalized spacial score (nSPS) is 20.7. The molecule has 9 heteroatoms. The van der Waals surface area contributed by atoms with Crippen LogP contribution in [0.3, 0.4) is 0 Å². The lowest BCUT2D eigenvalue weighted by Gasteiger charge is -2.36. The van der Waals surface area contributed by atoms with E-state index in [-0.39, 0.29) is 23.1 Å². The lowest BCUT2D eigenvalue weighted by atomic mass is 9.91. The molecule has 0 spiro atoms. The van der Waals surface area contributed by atoms with E-state index in [0.717, 1.165) is 0 Å². The third kappa shape index (κ3) is 6.68. The Balaban J connectivity index is 1.51. The quantitative estimate of drug-likeness (QED) is 0.170. The van der Waals surface area contributed by atoms with E-state index in [1.54, 1.807) is 128 Å². The van der Waals surface area contributed by atoms with Crippen LogP contribution in [0.1, 0.15) is 54.8 Å². The average Bonchev–Trinajstić information content (AvgIpc) is 3.35. The Labute approximate surface area is 254 Å². The van der Waals surface area contributed by atoms with E-state index < -0.39 is 54.6 Å². The maximum Gasteiger partial charge on any atom is 0.340 e. The minimum absolute atomic E-state index is 0.00811. The second kappa shape index (κ2) is 13.8. The van der Waals surface area contributed by atoms with Crippen molar-refractivity contribution in [3.05, 3.63) is 144 Å². The van der Waals surface area contributed by atoms with Crippen molar-refractivity contribution in [2.75, 3.05) is 6.61 Å². The molecule has 1 heterocycles. The van der Waals surface area contributed by atoms with Gasteiger partial charge in [-0.1, -0.05) is 79.7 Å². The average molecular weight is 595 g/mol. The molecule has 5 rings (SSSR count). The lowest BCUT2D eigenvalue weighted by molar-refractivity contribution is -0.182. The fraction of sp³-hybridized carbons (Fsp3) is 0.200. The summed E-state index contributed by atoms with van der Waals surface area (Å²) in [6, 6.07) is 33.0. The summed E-state index contributed by atoms with van der Waals surface area (Å²) in [6.07, 6.45) is -4.03. The second-order valence-electron chi connectivity index (χ2n) is 10.00. The standard InChI is InChI=1S/C35H30O9/c1-2-35(44-33(39)27-21-13-6-14-22-27)29(42-31(37)25-17-9-4-10-18-25)28(23-40-30(36)24-15-7-3-8-16-24)41-34(35)43-32(38)26-19-11-5-12-20-26/h3-22,28-29,34H,2,23H2,1H3/t28-,29-,34-,35-/m1/s1. The highest BCUT2D eigenvalue weighted by Gasteiger charge is 2.63. The zero-order valence-corrected chi connectivity index (χ0v) is 23.9. The van der Waals surface area contributed by atoms with Crippen molar-refractivity contribution < 1.29 is 42.9 Å². The van der Waals surface area contributed by atoms with Gasteiger partial charge in [0.2, 0.25) is 11.9 Å². The molecule has 0 bridgehead atoms. The second-order valence-corrected chi connectivity index (χ2v) is 10.00. The summed E-state index contributed by atoms with van der Waals surface area (Å²) >= 11 is 0. The van der Waals surface area contributed by atoms with Gasteiger partial charge in [-0.15, -0.1) is 0 Å². The zero-order valence-electron chi connectivity index (χ0n) is 23.9. The number of hydrogen-bond acceptors (Lipinski definition) is 9. The van der Waals surface area contributed by atoms with Gasteiger partial charge in [0.05, 0.1) is 22.3 Å². The van der Waals surface area contributed by atoms with Gasteiger partial charge < -0.3 is 23.7 Å². The van der Waals surface area contributed by atoms with E-state index in [2.05, 4.69) is 0 Å². The molecule has 9 nitrogen and oxygen atoms in total. The summed E-state index contributed by atoms with van der Waals surface area (Å²) < 4.78 is 29.6. The molecule has 1 fully saturated rings. The van der Waals surface area contributed by atoms with Crippen LogP contribution in [-0.2, 0) is 23.7 Å². The number of carbonyl (C=O) groups is 4. The van der Waals surface area contributed by atoms with Gasteiger partial charge in [-0.2, -0.15) is 0 Å². The highest BCUT2D eigenvalue weighted by Crippen LogP contribution is 2.42. The monoisotopic (exact) mass is 594 g/mol. The van der Waals surface area contributed by atoms with Crippen molar-refractivity contribution in [3.8, 4) is 0 Å². The molecule has 1 saturated heterocycles. The van der Waals surface area contributed by atoms with Gasteiger partial charge in [-0.25, -0.2) is 19.2 Å². The van der Waals surface area contributed by atoms with E-state index in [9.17, 15) is 19.2 Å². The molecule has 1 aliphatic heterocycles. The van der Waals surface area contributed by atoms with Gasteiger partial charge in [0.15, 0.2) is 6.10 Å². The van der Waals surface area contributed by atoms with Crippen LogP contribution in [0.2, 0.25) is 0 Å². The van der Waals surface area contributed by atoms with Crippen LogP contribution >= 0.6 is 0 Å². The molecule has 4 atom stereocenters. The molecular formula is C35H30O9. The van der Waals surface area contributed by atoms with Crippen molar-refractivity contribution in [2.45, 2.75) is 37.4 Å². The first-order valence-electron chi connectivity index (χ1n) is 14.1. The van der Waals surface area contributed by atoms with Gasteiger partial charge in [-0.05, 0) is 55.0 Å². The van der Waals surface area contributed by atoms with E-state index in [4.69, 9.17) is 23.7 Å². The van der Waals surface area contributed by atoms with Gasteiger partial charge >= 0.3 is 23.9 Å². The van der Waals surface area contributed by atoms with Crippen molar-refractivity contribution in [3.63, 3.8) is 0 Å². The predicted molar refractivity (Wildman–Crippen MR) is 158 cm³/mol. The van der Waals surface area contributed by atoms with E-state index in [1.165, 1.54) is 0 Å². The van der Waals surface area contributed by atoms with Crippen LogP contribution in [0.4, 0.5) is 0 Å². The molecule has 0 amide bonds. The number of carbonyl (C=O) groups excluding carboxylic acids is 4. The van der Waals surface area contributed by atoms with Crippen LogP contribution in [0, 0.1) is 0 Å². The van der Waals surface area contributed by atoms with Gasteiger partial charge in [-0.3, -0.25) is 0 Å². The Morgan fingerprint density at radius 2 is 1.00 bits per heavy atom. The number of benzene rings is 4. The van der Waals surface area contributed by atoms with E-state index >= 15 is 0 Å². The molecule has 0 radical (unpaired) electrons. The Hall–Kier alpha value is -5.28. The number of esters is 4. The van der Waals surface area contributed by atoms with Crippen LogP contribution in [-0.4, -0.2) is 54.6 Å². The van der Waals surface area contributed by atoms with E-state index in [0.29, 0.717) is 5.56 Å². The Morgan fingerprint density at radius 3 is 1.45 bits per heavy atom. The minimum atomic E-state index is -1.81. The predicted octanol–water partition coefficient (Wildman–Crippen LogP) is 5.66. The van der Waals surface area contributed by atoms with Gasteiger partial charge in [0.1, 0.15) is 12.7 Å². The largest absolute Gasteiger partial charge is 0.459 e. The Morgan fingerprint density at radius 1 is 0.591 bits per heavy atom. The van der Waals surface area contributed by atoms with Crippen molar-refractivity contribution in [2.24, 2.45) is 0 Å². The van der Waals surface area contributed by atoms with E-state index in [1.807, 2.05) is 0 Å². The fourth-order valence-electron chi connectivity index (χ4n) is 4.89. The summed E-state index contributed by atoms with van der Waals surface area (Å²) in [4.78, 5) is 52.9. The maximum absolute atomic E-state index is 13.5. The van der Waals surface area contributed by atoms with Crippen LogP contribution < -0.4 is 0 Å². The first kappa shape index (κ1) is 30.2. The van der Waals surface area contributed by atoms with Crippen molar-refractivity contribution in [1.29, 1.82) is 0 Å².